The van der Waals surface area contributed by atoms with Gasteiger partial charge in [0.2, 0.25) is 5.75 Å². The third-order valence-corrected chi connectivity index (χ3v) is 7.18. The summed E-state index contributed by atoms with van der Waals surface area (Å²) in [6, 6.07) is 2.01. The number of ether oxygens (including phenoxy) is 1. The van der Waals surface area contributed by atoms with Gasteiger partial charge in [0.25, 0.3) is 0 Å². The summed E-state index contributed by atoms with van der Waals surface area (Å²) in [5.74, 6) is -1.74. The average molecular weight is 445 g/mol. The van der Waals surface area contributed by atoms with Gasteiger partial charge in [0.1, 0.15) is 0 Å². The molecule has 3 rings (SSSR count). The van der Waals surface area contributed by atoms with E-state index in [0.717, 1.165) is 56.1 Å². The van der Waals surface area contributed by atoms with E-state index in [-0.39, 0.29) is 5.92 Å². The van der Waals surface area contributed by atoms with Crippen LogP contribution in [0.1, 0.15) is 89.0 Å². The van der Waals surface area contributed by atoms with E-state index in [1.54, 1.807) is 0 Å². The van der Waals surface area contributed by atoms with Crippen LogP contribution in [0.3, 0.4) is 0 Å². The lowest BCUT2D eigenvalue weighted by atomic mass is 9.68. The number of benzene rings is 1. The Morgan fingerprint density at radius 3 is 1.94 bits per heavy atom. The Hall–Kier alpha value is -1.59. The number of halogens is 5. The molecule has 0 aliphatic heterocycles. The Bertz CT molecular complexity index is 703. The van der Waals surface area contributed by atoms with Crippen LogP contribution in [-0.4, -0.2) is 6.36 Å². The second-order valence-electron chi connectivity index (χ2n) is 9.21. The van der Waals surface area contributed by atoms with Gasteiger partial charge >= 0.3 is 6.36 Å². The molecule has 0 heterocycles. The van der Waals surface area contributed by atoms with Crippen LogP contribution in [0.4, 0.5) is 22.0 Å². The van der Waals surface area contributed by atoms with Gasteiger partial charge in [-0.2, -0.15) is 0 Å². The van der Waals surface area contributed by atoms with Crippen molar-refractivity contribution < 1.29 is 26.7 Å². The van der Waals surface area contributed by atoms with E-state index in [9.17, 15) is 22.0 Å². The standard InChI is InChI=1S/C25H33F5O/c1-2-3-4-5-6-17-7-9-18(10-8-17)19-11-13-20(14-12-19)21-15-22(26)24(23(27)16-21)31-25(28,29)30/h3-4,15-20H,2,5-14H2,1H3/b4-3+. The van der Waals surface area contributed by atoms with Gasteiger partial charge in [-0.3, -0.25) is 0 Å². The summed E-state index contributed by atoms with van der Waals surface area (Å²) in [4.78, 5) is 0. The third kappa shape index (κ3) is 6.95. The molecule has 6 heteroatoms. The van der Waals surface area contributed by atoms with Crippen LogP contribution in [0.15, 0.2) is 24.3 Å². The molecule has 2 saturated carbocycles. The molecular weight excluding hydrogens is 411 g/mol. The molecule has 0 N–H and O–H groups in total. The summed E-state index contributed by atoms with van der Waals surface area (Å²) in [6.07, 6.45) is 11.8. The maximum Gasteiger partial charge on any atom is 0.573 e. The molecule has 31 heavy (non-hydrogen) atoms. The van der Waals surface area contributed by atoms with E-state index < -0.39 is 23.7 Å². The van der Waals surface area contributed by atoms with E-state index in [2.05, 4.69) is 23.8 Å². The number of allylic oxidation sites excluding steroid dienone is 2. The molecule has 0 amide bonds. The first-order valence-electron chi connectivity index (χ1n) is 11.7. The fraction of sp³-hybridized carbons (Fsp3) is 0.680. The highest BCUT2D eigenvalue weighted by molar-refractivity contribution is 5.33. The summed E-state index contributed by atoms with van der Waals surface area (Å²) < 4.78 is 68.6. The first-order chi connectivity index (χ1) is 14.8. The lowest BCUT2D eigenvalue weighted by molar-refractivity contribution is -0.276. The summed E-state index contributed by atoms with van der Waals surface area (Å²) in [5, 5.41) is 0. The van der Waals surface area contributed by atoms with Gasteiger partial charge in [-0.25, -0.2) is 8.78 Å². The van der Waals surface area contributed by atoms with Gasteiger partial charge in [0.15, 0.2) is 11.6 Å². The minimum atomic E-state index is -5.12. The van der Waals surface area contributed by atoms with Gasteiger partial charge in [-0.1, -0.05) is 31.9 Å². The van der Waals surface area contributed by atoms with Crippen molar-refractivity contribution in [1.82, 2.24) is 0 Å². The van der Waals surface area contributed by atoms with Crippen molar-refractivity contribution in [2.24, 2.45) is 17.8 Å². The summed E-state index contributed by atoms with van der Waals surface area (Å²) >= 11 is 0. The van der Waals surface area contributed by atoms with E-state index >= 15 is 0 Å². The van der Waals surface area contributed by atoms with Crippen molar-refractivity contribution in [3.63, 3.8) is 0 Å². The van der Waals surface area contributed by atoms with Crippen LogP contribution in [0, 0.1) is 29.4 Å². The zero-order valence-electron chi connectivity index (χ0n) is 18.2. The van der Waals surface area contributed by atoms with Gasteiger partial charge in [-0.15, -0.1) is 13.2 Å². The molecule has 0 spiro atoms. The van der Waals surface area contributed by atoms with Crippen LogP contribution < -0.4 is 4.74 Å². The Kier molecular flexibility index (Phi) is 8.40. The average Bonchev–Trinajstić information content (AvgIpc) is 2.74. The zero-order valence-corrected chi connectivity index (χ0v) is 18.2. The number of hydrogen-bond acceptors (Lipinski definition) is 1. The predicted molar refractivity (Wildman–Crippen MR) is 112 cm³/mol. The van der Waals surface area contributed by atoms with E-state index in [1.165, 1.54) is 38.5 Å². The first kappa shape index (κ1) is 24.1. The van der Waals surface area contributed by atoms with E-state index in [1.807, 2.05) is 0 Å². The highest BCUT2D eigenvalue weighted by atomic mass is 19.4. The van der Waals surface area contributed by atoms with Crippen LogP contribution in [0.5, 0.6) is 5.75 Å². The Morgan fingerprint density at radius 2 is 1.42 bits per heavy atom. The van der Waals surface area contributed by atoms with Crippen molar-refractivity contribution in [2.45, 2.75) is 89.8 Å². The molecule has 174 valence electrons. The minimum absolute atomic E-state index is 0.0121. The van der Waals surface area contributed by atoms with Crippen LogP contribution in [0.2, 0.25) is 0 Å². The molecule has 1 aromatic carbocycles. The number of hydrogen-bond donors (Lipinski definition) is 0. The molecule has 0 saturated heterocycles. The monoisotopic (exact) mass is 444 g/mol. The molecule has 0 radical (unpaired) electrons. The topological polar surface area (TPSA) is 9.23 Å². The second-order valence-corrected chi connectivity index (χ2v) is 9.21. The van der Waals surface area contributed by atoms with Crippen molar-refractivity contribution in [2.75, 3.05) is 0 Å². The fourth-order valence-corrected chi connectivity index (χ4v) is 5.52. The molecule has 2 aliphatic rings. The zero-order chi connectivity index (χ0) is 22.4. The van der Waals surface area contributed by atoms with E-state index in [4.69, 9.17) is 0 Å². The molecule has 1 aromatic rings. The van der Waals surface area contributed by atoms with Crippen molar-refractivity contribution in [1.29, 1.82) is 0 Å². The number of alkyl halides is 3. The Labute approximate surface area is 182 Å². The summed E-state index contributed by atoms with van der Waals surface area (Å²) in [6.45, 7) is 2.15. The second kappa shape index (κ2) is 10.8. The fourth-order valence-electron chi connectivity index (χ4n) is 5.52. The maximum absolute atomic E-state index is 14.1. The van der Waals surface area contributed by atoms with Crippen LogP contribution in [-0.2, 0) is 0 Å². The van der Waals surface area contributed by atoms with Crippen molar-refractivity contribution in [3.8, 4) is 5.75 Å². The first-order valence-corrected chi connectivity index (χ1v) is 11.7. The summed E-state index contributed by atoms with van der Waals surface area (Å²) in [7, 11) is 0. The number of rotatable bonds is 7. The van der Waals surface area contributed by atoms with Gasteiger partial charge in [0.05, 0.1) is 0 Å². The largest absolute Gasteiger partial charge is 0.573 e. The molecule has 0 aromatic heterocycles. The van der Waals surface area contributed by atoms with Crippen LogP contribution in [0.25, 0.3) is 0 Å². The normalized spacial score (nSPS) is 27.5. The Balaban J connectivity index is 1.48. The van der Waals surface area contributed by atoms with Crippen LogP contribution >= 0.6 is 0 Å². The lowest BCUT2D eigenvalue weighted by Crippen LogP contribution is -2.25. The molecular formula is C25H33F5O. The molecule has 0 bridgehead atoms. The van der Waals surface area contributed by atoms with Gasteiger partial charge in [-0.05, 0) is 99.2 Å². The quantitative estimate of drug-likeness (QED) is 0.302. The lowest BCUT2D eigenvalue weighted by Gasteiger charge is -2.38. The highest BCUT2D eigenvalue weighted by Crippen LogP contribution is 2.45. The summed E-state index contributed by atoms with van der Waals surface area (Å²) in [5.41, 5.74) is 0.437. The van der Waals surface area contributed by atoms with Gasteiger partial charge < -0.3 is 4.74 Å². The molecule has 2 fully saturated rings. The maximum atomic E-state index is 14.1. The third-order valence-electron chi connectivity index (χ3n) is 7.18. The molecule has 1 nitrogen and oxygen atoms in total. The highest BCUT2D eigenvalue weighted by Gasteiger charge is 2.35. The SMILES string of the molecule is CC/C=C/CCC1CCC(C2CCC(c3cc(F)c(OC(F)(F)F)c(F)c3)CC2)CC1. The minimum Gasteiger partial charge on any atom is -0.399 e. The molecule has 0 atom stereocenters. The van der Waals surface area contributed by atoms with Crippen molar-refractivity contribution in [3.05, 3.63) is 41.5 Å². The van der Waals surface area contributed by atoms with Gasteiger partial charge in [0, 0.05) is 0 Å². The Morgan fingerprint density at radius 1 is 0.871 bits per heavy atom. The molecule has 0 unspecified atom stereocenters. The van der Waals surface area contributed by atoms with E-state index in [0.29, 0.717) is 11.5 Å². The van der Waals surface area contributed by atoms with Crippen molar-refractivity contribution >= 4 is 0 Å². The molecule has 2 aliphatic carbocycles. The smallest absolute Gasteiger partial charge is 0.399 e. The predicted octanol–water partition coefficient (Wildman–Crippen LogP) is 8.69.